The summed E-state index contributed by atoms with van der Waals surface area (Å²) in [6, 6.07) is 6.23. The van der Waals surface area contributed by atoms with Gasteiger partial charge in [0.25, 0.3) is 0 Å². The molecular formula is C13H18. The summed E-state index contributed by atoms with van der Waals surface area (Å²) in [5, 5.41) is 0. The molecule has 0 bridgehead atoms. The highest BCUT2D eigenvalue weighted by atomic mass is 14.0. The van der Waals surface area contributed by atoms with Crippen molar-refractivity contribution in [2.24, 2.45) is 0 Å². The lowest BCUT2D eigenvalue weighted by Crippen LogP contribution is -1.80. The number of rotatable bonds is 2. The first-order valence-electron chi connectivity index (χ1n) is 4.63. The summed E-state index contributed by atoms with van der Waals surface area (Å²) in [6.07, 6.45) is 3.69. The van der Waals surface area contributed by atoms with Crippen molar-refractivity contribution < 1.29 is 0 Å². The fraction of sp³-hybridized carbons (Fsp3) is 0.231. The quantitative estimate of drug-likeness (QED) is 0.626. The second kappa shape index (κ2) is 6.24. The van der Waals surface area contributed by atoms with Gasteiger partial charge in [0, 0.05) is 0 Å². The molecule has 0 unspecified atom stereocenters. The van der Waals surface area contributed by atoms with Crippen LogP contribution in [0.5, 0.6) is 0 Å². The second-order valence-electron chi connectivity index (χ2n) is 2.54. The summed E-state index contributed by atoms with van der Waals surface area (Å²) in [5.41, 5.74) is 3.55. The van der Waals surface area contributed by atoms with Crippen LogP contribution in [0.2, 0.25) is 0 Å². The van der Waals surface area contributed by atoms with Gasteiger partial charge in [0.2, 0.25) is 0 Å². The van der Waals surface area contributed by atoms with Crippen LogP contribution >= 0.6 is 0 Å². The molecule has 0 atom stereocenters. The van der Waals surface area contributed by atoms with E-state index in [2.05, 4.69) is 38.3 Å². The molecule has 70 valence electrons. The molecule has 0 nitrogen and oxygen atoms in total. The Balaban J connectivity index is 0.000000671. The maximum Gasteiger partial charge on any atom is -0.0187 e. The third kappa shape index (κ3) is 3.29. The van der Waals surface area contributed by atoms with Gasteiger partial charge in [-0.1, -0.05) is 62.9 Å². The molecule has 0 aliphatic heterocycles. The van der Waals surface area contributed by atoms with Gasteiger partial charge in [-0.25, -0.2) is 0 Å². The molecule has 0 radical (unpaired) electrons. The van der Waals surface area contributed by atoms with E-state index in [0.717, 1.165) is 11.1 Å². The Morgan fingerprint density at radius 3 is 2.00 bits per heavy atom. The minimum atomic E-state index is 1.14. The monoisotopic (exact) mass is 174 g/mol. The van der Waals surface area contributed by atoms with E-state index >= 15 is 0 Å². The van der Waals surface area contributed by atoms with Crippen molar-refractivity contribution in [1.82, 2.24) is 0 Å². The topological polar surface area (TPSA) is 0 Å². The molecule has 0 N–H and O–H groups in total. The summed E-state index contributed by atoms with van der Waals surface area (Å²) in [5.74, 6) is 0. The number of hydrogen-bond donors (Lipinski definition) is 0. The lowest BCUT2D eigenvalue weighted by atomic mass is 10.0. The maximum absolute atomic E-state index is 3.73. The van der Waals surface area contributed by atoms with Gasteiger partial charge in [-0.3, -0.25) is 0 Å². The van der Waals surface area contributed by atoms with Gasteiger partial charge in [0.05, 0.1) is 0 Å². The first kappa shape index (κ1) is 11.7. The van der Waals surface area contributed by atoms with Gasteiger partial charge in [-0.2, -0.15) is 0 Å². The van der Waals surface area contributed by atoms with Crippen LogP contribution in [0.1, 0.15) is 30.5 Å². The lowest BCUT2D eigenvalue weighted by Gasteiger charge is -2.00. The normalized spacial score (nSPS) is 8.23. The van der Waals surface area contributed by atoms with Gasteiger partial charge in [-0.05, 0) is 18.1 Å². The van der Waals surface area contributed by atoms with E-state index in [1.54, 1.807) is 0 Å². The van der Waals surface area contributed by atoms with Crippen LogP contribution in [0.3, 0.4) is 0 Å². The summed E-state index contributed by atoms with van der Waals surface area (Å²) in [6.45, 7) is 13.5. The summed E-state index contributed by atoms with van der Waals surface area (Å²) in [7, 11) is 0. The molecule has 0 aliphatic carbocycles. The van der Waals surface area contributed by atoms with Gasteiger partial charge in [0.15, 0.2) is 0 Å². The predicted octanol–water partition coefficient (Wildman–Crippen LogP) is 4.31. The molecule has 0 amide bonds. The molecule has 0 saturated heterocycles. The van der Waals surface area contributed by atoms with E-state index in [9.17, 15) is 0 Å². The first-order valence-corrected chi connectivity index (χ1v) is 4.63. The molecule has 0 spiro atoms. The highest BCUT2D eigenvalue weighted by Crippen LogP contribution is 2.13. The van der Waals surface area contributed by atoms with Crippen molar-refractivity contribution in [3.05, 3.63) is 48.0 Å². The molecule has 1 rings (SSSR count). The average molecular weight is 174 g/mol. The van der Waals surface area contributed by atoms with Crippen LogP contribution in [0.25, 0.3) is 12.2 Å². The highest BCUT2D eigenvalue weighted by molar-refractivity contribution is 5.64. The van der Waals surface area contributed by atoms with E-state index < -0.39 is 0 Å². The lowest BCUT2D eigenvalue weighted by molar-refractivity contribution is 1.45. The molecule has 1 aromatic carbocycles. The smallest absolute Gasteiger partial charge is 0.0187 e. The van der Waals surface area contributed by atoms with Crippen LogP contribution in [-0.4, -0.2) is 0 Å². The summed E-state index contributed by atoms with van der Waals surface area (Å²) < 4.78 is 0. The Morgan fingerprint density at radius 1 is 1.00 bits per heavy atom. The van der Waals surface area contributed by atoms with E-state index in [-0.39, 0.29) is 0 Å². The van der Waals surface area contributed by atoms with Gasteiger partial charge >= 0.3 is 0 Å². The van der Waals surface area contributed by atoms with E-state index in [4.69, 9.17) is 0 Å². The Hall–Kier alpha value is -1.30. The fourth-order valence-electron chi connectivity index (χ4n) is 1.06. The molecule has 0 aliphatic rings. The molecule has 0 fully saturated rings. The van der Waals surface area contributed by atoms with E-state index in [1.807, 2.05) is 26.0 Å². The van der Waals surface area contributed by atoms with Crippen LogP contribution < -0.4 is 0 Å². The molecule has 0 saturated carbocycles. The third-order valence-corrected chi connectivity index (χ3v) is 1.68. The number of benzene rings is 1. The van der Waals surface area contributed by atoms with Crippen molar-refractivity contribution in [3.8, 4) is 0 Å². The Bertz CT molecular complexity index is 282. The molecule has 0 heteroatoms. The standard InChI is InChI=1S/C11H12.C2H6/c1-4-10-7-6-9(3)8-11(10)5-2;1-2/h4-8H,1-2H2,3H3;1-2H3. The first-order chi connectivity index (χ1) is 6.27. The zero-order valence-corrected chi connectivity index (χ0v) is 8.80. The molecular weight excluding hydrogens is 156 g/mol. The molecule has 0 aromatic heterocycles. The van der Waals surface area contributed by atoms with Crippen LogP contribution in [0.15, 0.2) is 31.4 Å². The van der Waals surface area contributed by atoms with Crippen LogP contribution in [0, 0.1) is 6.92 Å². The third-order valence-electron chi connectivity index (χ3n) is 1.68. The van der Waals surface area contributed by atoms with E-state index in [1.165, 1.54) is 5.56 Å². The van der Waals surface area contributed by atoms with E-state index in [0.29, 0.717) is 0 Å². The summed E-state index contributed by atoms with van der Waals surface area (Å²) >= 11 is 0. The maximum atomic E-state index is 3.73. The predicted molar refractivity (Wildman–Crippen MR) is 62.7 cm³/mol. The zero-order valence-electron chi connectivity index (χ0n) is 8.80. The Morgan fingerprint density at radius 2 is 1.54 bits per heavy atom. The minimum absolute atomic E-state index is 1.14. The van der Waals surface area contributed by atoms with Gasteiger partial charge < -0.3 is 0 Å². The number of aryl methyl sites for hydroxylation is 1. The molecule has 13 heavy (non-hydrogen) atoms. The Labute approximate surface area is 81.6 Å². The van der Waals surface area contributed by atoms with Crippen molar-refractivity contribution in [1.29, 1.82) is 0 Å². The second-order valence-corrected chi connectivity index (χ2v) is 2.54. The van der Waals surface area contributed by atoms with Crippen molar-refractivity contribution in [2.45, 2.75) is 20.8 Å². The number of hydrogen-bond acceptors (Lipinski definition) is 0. The Kier molecular flexibility index (Phi) is 5.62. The highest BCUT2D eigenvalue weighted by Gasteiger charge is 1.93. The molecule has 1 aromatic rings. The van der Waals surface area contributed by atoms with Gasteiger partial charge in [-0.15, -0.1) is 0 Å². The van der Waals surface area contributed by atoms with Crippen molar-refractivity contribution >= 4 is 12.2 Å². The van der Waals surface area contributed by atoms with Crippen LogP contribution in [-0.2, 0) is 0 Å². The average Bonchev–Trinajstić information content (AvgIpc) is 2.20. The largest absolute Gasteiger partial charge is 0.0984 e. The van der Waals surface area contributed by atoms with Gasteiger partial charge in [0.1, 0.15) is 0 Å². The fourth-order valence-corrected chi connectivity index (χ4v) is 1.06. The van der Waals surface area contributed by atoms with Crippen molar-refractivity contribution in [2.75, 3.05) is 0 Å². The SMILES string of the molecule is C=Cc1ccc(C)cc1C=C.CC. The minimum Gasteiger partial charge on any atom is -0.0984 e. The molecule has 0 heterocycles. The summed E-state index contributed by atoms with van der Waals surface area (Å²) in [4.78, 5) is 0. The van der Waals surface area contributed by atoms with Crippen molar-refractivity contribution in [3.63, 3.8) is 0 Å². The zero-order chi connectivity index (χ0) is 10.3. The van der Waals surface area contributed by atoms with Crippen LogP contribution in [0.4, 0.5) is 0 Å².